The van der Waals surface area contributed by atoms with Crippen molar-refractivity contribution in [2.45, 2.75) is 32.6 Å². The summed E-state index contributed by atoms with van der Waals surface area (Å²) >= 11 is 0. The molecule has 0 atom stereocenters. The fourth-order valence-corrected chi connectivity index (χ4v) is 1.90. The fraction of sp³-hybridized carbons (Fsp3) is 0.353. The van der Waals surface area contributed by atoms with Crippen LogP contribution in [0, 0.1) is 0 Å². The Bertz CT molecular complexity index is 472. The van der Waals surface area contributed by atoms with Crippen molar-refractivity contribution < 1.29 is 14.6 Å². The van der Waals surface area contributed by atoms with Crippen LogP contribution in [0.2, 0.25) is 0 Å². The van der Waals surface area contributed by atoms with Crippen molar-refractivity contribution in [3.05, 3.63) is 53.3 Å². The third-order valence-corrected chi connectivity index (χ3v) is 2.97. The number of hydrogen-bond acceptors (Lipinski definition) is 2. The van der Waals surface area contributed by atoms with Crippen LogP contribution in [0.25, 0.3) is 6.08 Å². The van der Waals surface area contributed by atoms with E-state index in [0.29, 0.717) is 0 Å². The second kappa shape index (κ2) is 8.97. The average molecular weight is 274 g/mol. The fourth-order valence-electron chi connectivity index (χ4n) is 1.90. The largest absolute Gasteiger partial charge is 0.490 e. The van der Waals surface area contributed by atoms with Crippen molar-refractivity contribution in [1.82, 2.24) is 0 Å². The Kier molecular flexibility index (Phi) is 7.18. The highest BCUT2D eigenvalue weighted by Gasteiger charge is 2.08. The minimum Gasteiger partial charge on any atom is -0.490 e. The number of allylic oxidation sites excluding steroid dienone is 2. The maximum Gasteiger partial charge on any atom is 0.371 e. The van der Waals surface area contributed by atoms with Crippen molar-refractivity contribution in [1.29, 1.82) is 0 Å². The molecule has 0 aliphatic rings. The van der Waals surface area contributed by atoms with E-state index in [1.165, 1.54) is 7.11 Å². The molecular weight excluding hydrogens is 252 g/mol. The molecule has 0 saturated carbocycles. The molecule has 1 rings (SSSR count). The molecule has 1 aromatic rings. The van der Waals surface area contributed by atoms with E-state index in [4.69, 9.17) is 9.84 Å². The lowest BCUT2D eigenvalue weighted by Crippen LogP contribution is -2.03. The van der Waals surface area contributed by atoms with Crippen molar-refractivity contribution >= 4 is 12.0 Å². The van der Waals surface area contributed by atoms with Gasteiger partial charge in [-0.15, -0.1) is 0 Å². The second-order valence-electron chi connectivity index (χ2n) is 4.60. The smallest absolute Gasteiger partial charge is 0.371 e. The van der Waals surface area contributed by atoms with Gasteiger partial charge in [0.1, 0.15) is 0 Å². The first kappa shape index (κ1) is 16.0. The molecule has 1 aromatic carbocycles. The van der Waals surface area contributed by atoms with Crippen LogP contribution in [0.5, 0.6) is 0 Å². The molecule has 0 saturated heterocycles. The van der Waals surface area contributed by atoms with Crippen molar-refractivity contribution in [2.24, 2.45) is 0 Å². The third kappa shape index (κ3) is 5.74. The number of rotatable bonds is 8. The van der Waals surface area contributed by atoms with Gasteiger partial charge in [-0.05, 0) is 30.1 Å². The highest BCUT2D eigenvalue weighted by atomic mass is 16.5. The van der Waals surface area contributed by atoms with Crippen LogP contribution in [-0.2, 0) is 9.53 Å². The number of carbonyl (C=O) groups is 1. The molecule has 0 spiro atoms. The van der Waals surface area contributed by atoms with E-state index < -0.39 is 5.97 Å². The van der Waals surface area contributed by atoms with E-state index >= 15 is 0 Å². The average Bonchev–Trinajstić information content (AvgIpc) is 2.45. The Morgan fingerprint density at radius 1 is 1.25 bits per heavy atom. The molecule has 108 valence electrons. The lowest BCUT2D eigenvalue weighted by atomic mass is 10.0. The van der Waals surface area contributed by atoms with E-state index in [0.717, 1.165) is 36.8 Å². The molecule has 0 aromatic heterocycles. The number of unbranched alkanes of at least 4 members (excludes halogenated alkanes) is 2. The summed E-state index contributed by atoms with van der Waals surface area (Å²) in [5.74, 6) is -1.06. The first-order valence-corrected chi connectivity index (χ1v) is 6.92. The number of carboxylic acid groups (broad SMARTS) is 1. The minimum atomic E-state index is -1.04. The summed E-state index contributed by atoms with van der Waals surface area (Å²) in [7, 11) is 1.38. The highest BCUT2D eigenvalue weighted by Crippen LogP contribution is 2.17. The molecule has 3 nitrogen and oxygen atoms in total. The molecule has 1 N–H and O–H groups in total. The lowest BCUT2D eigenvalue weighted by molar-refractivity contribution is -0.136. The van der Waals surface area contributed by atoms with Gasteiger partial charge in [-0.1, -0.05) is 56.2 Å². The summed E-state index contributed by atoms with van der Waals surface area (Å²) in [6.07, 6.45) is 7.79. The van der Waals surface area contributed by atoms with E-state index in [2.05, 4.69) is 6.92 Å². The molecular formula is C17H22O3. The number of ether oxygens (including phenoxy) is 1. The van der Waals surface area contributed by atoms with E-state index in [9.17, 15) is 4.79 Å². The molecule has 0 heterocycles. The van der Waals surface area contributed by atoms with E-state index in [1.54, 1.807) is 6.08 Å². The Balaban J connectivity index is 2.95. The van der Waals surface area contributed by atoms with Gasteiger partial charge in [0.25, 0.3) is 0 Å². The Morgan fingerprint density at radius 2 is 1.95 bits per heavy atom. The summed E-state index contributed by atoms with van der Waals surface area (Å²) in [4.78, 5) is 11.0. The Morgan fingerprint density at radius 3 is 2.50 bits per heavy atom. The monoisotopic (exact) mass is 274 g/mol. The Hall–Kier alpha value is -2.03. The normalized spacial score (nSPS) is 12.3. The molecule has 3 heteroatoms. The van der Waals surface area contributed by atoms with Crippen LogP contribution in [0.4, 0.5) is 0 Å². The molecule has 0 aliphatic heterocycles. The van der Waals surface area contributed by atoms with Crippen LogP contribution in [0.15, 0.2) is 47.7 Å². The van der Waals surface area contributed by atoms with E-state index in [1.807, 2.05) is 36.4 Å². The van der Waals surface area contributed by atoms with Gasteiger partial charge in [-0.2, -0.15) is 0 Å². The predicted molar refractivity (Wildman–Crippen MR) is 81.3 cm³/mol. The zero-order valence-corrected chi connectivity index (χ0v) is 12.1. The van der Waals surface area contributed by atoms with Crippen LogP contribution >= 0.6 is 0 Å². The van der Waals surface area contributed by atoms with Gasteiger partial charge in [-0.3, -0.25) is 0 Å². The van der Waals surface area contributed by atoms with E-state index in [-0.39, 0.29) is 5.76 Å². The van der Waals surface area contributed by atoms with Crippen LogP contribution < -0.4 is 0 Å². The minimum absolute atomic E-state index is 0.0244. The number of carboxylic acids is 1. The van der Waals surface area contributed by atoms with Crippen LogP contribution in [0.3, 0.4) is 0 Å². The van der Waals surface area contributed by atoms with Gasteiger partial charge < -0.3 is 9.84 Å². The molecule has 0 amide bonds. The Labute approximate surface area is 120 Å². The van der Waals surface area contributed by atoms with Gasteiger partial charge in [0, 0.05) is 0 Å². The summed E-state index contributed by atoms with van der Waals surface area (Å²) in [5.41, 5.74) is 2.04. The van der Waals surface area contributed by atoms with Crippen molar-refractivity contribution in [3.8, 4) is 0 Å². The molecule has 0 fully saturated rings. The quantitative estimate of drug-likeness (QED) is 0.333. The van der Waals surface area contributed by atoms with Crippen molar-refractivity contribution in [3.63, 3.8) is 0 Å². The van der Waals surface area contributed by atoms with Gasteiger partial charge in [-0.25, -0.2) is 4.79 Å². The summed E-state index contributed by atoms with van der Waals surface area (Å²) in [6, 6.07) is 9.89. The maximum atomic E-state index is 11.0. The summed E-state index contributed by atoms with van der Waals surface area (Å²) in [6.45, 7) is 2.15. The number of aliphatic carboxylic acids is 1. The van der Waals surface area contributed by atoms with Gasteiger partial charge in [0.2, 0.25) is 5.76 Å². The molecule has 0 unspecified atom stereocenters. The summed E-state index contributed by atoms with van der Waals surface area (Å²) in [5, 5.41) is 9.04. The van der Waals surface area contributed by atoms with Crippen LogP contribution in [-0.4, -0.2) is 18.2 Å². The molecule has 20 heavy (non-hydrogen) atoms. The first-order chi connectivity index (χ1) is 9.67. The third-order valence-electron chi connectivity index (χ3n) is 2.97. The number of hydrogen-bond donors (Lipinski definition) is 1. The molecule has 0 radical (unpaired) electrons. The lowest BCUT2D eigenvalue weighted by Gasteiger charge is -2.05. The van der Waals surface area contributed by atoms with Gasteiger partial charge >= 0.3 is 5.97 Å². The standard InChI is InChI=1S/C17H22O3/c1-3-4-6-11-15(13-16(20-2)17(18)19)12-14-9-7-5-8-10-14/h5,7-10,12-13H,3-4,6,11H2,1-2H3,(H,18,19)/b15-12+,16-13-. The number of benzene rings is 1. The SMILES string of the molecule is CCCCCC(/C=C(\OC)C(=O)O)=C\c1ccccc1. The second-order valence-corrected chi connectivity index (χ2v) is 4.60. The first-order valence-electron chi connectivity index (χ1n) is 6.92. The van der Waals surface area contributed by atoms with Crippen LogP contribution in [0.1, 0.15) is 38.2 Å². The zero-order chi connectivity index (χ0) is 14.8. The molecule has 0 bridgehead atoms. The molecule has 0 aliphatic carbocycles. The topological polar surface area (TPSA) is 46.5 Å². The van der Waals surface area contributed by atoms with Gasteiger partial charge in [0.05, 0.1) is 7.11 Å². The zero-order valence-electron chi connectivity index (χ0n) is 12.1. The number of methoxy groups -OCH3 is 1. The van der Waals surface area contributed by atoms with Crippen molar-refractivity contribution in [2.75, 3.05) is 7.11 Å². The van der Waals surface area contributed by atoms with Gasteiger partial charge in [0.15, 0.2) is 0 Å². The summed E-state index contributed by atoms with van der Waals surface area (Å²) < 4.78 is 4.91. The predicted octanol–water partition coefficient (Wildman–Crippen LogP) is 4.27. The highest BCUT2D eigenvalue weighted by molar-refractivity contribution is 5.85. The maximum absolute atomic E-state index is 11.0.